The van der Waals surface area contributed by atoms with Gasteiger partial charge in [-0.2, -0.15) is 4.98 Å². The summed E-state index contributed by atoms with van der Waals surface area (Å²) in [6.07, 6.45) is 1.75. The van der Waals surface area contributed by atoms with Crippen LogP contribution in [0.15, 0.2) is 34.9 Å². The summed E-state index contributed by atoms with van der Waals surface area (Å²) in [7, 11) is 0. The van der Waals surface area contributed by atoms with Gasteiger partial charge in [0.1, 0.15) is 0 Å². The van der Waals surface area contributed by atoms with Crippen LogP contribution in [-0.2, 0) is 6.54 Å². The van der Waals surface area contributed by atoms with Crippen molar-refractivity contribution in [3.05, 3.63) is 40.2 Å². The van der Waals surface area contributed by atoms with Gasteiger partial charge in [-0.05, 0) is 31.2 Å². The summed E-state index contributed by atoms with van der Waals surface area (Å²) in [5, 5.41) is 0. The number of thiophene rings is 1. The van der Waals surface area contributed by atoms with Crippen LogP contribution in [0.1, 0.15) is 9.75 Å². The van der Waals surface area contributed by atoms with Crippen LogP contribution in [0, 0.1) is 6.92 Å². The zero-order valence-electron chi connectivity index (χ0n) is 12.5. The van der Waals surface area contributed by atoms with E-state index in [2.05, 4.69) is 38.8 Å². The molecule has 6 heteroatoms. The molecule has 1 aliphatic rings. The van der Waals surface area contributed by atoms with Crippen molar-refractivity contribution in [1.29, 1.82) is 0 Å². The highest BCUT2D eigenvalue weighted by Crippen LogP contribution is 2.22. The molecule has 0 aliphatic carbocycles. The van der Waals surface area contributed by atoms with Crippen molar-refractivity contribution < 1.29 is 4.42 Å². The molecule has 4 rings (SSSR count). The van der Waals surface area contributed by atoms with E-state index in [4.69, 9.17) is 4.42 Å². The van der Waals surface area contributed by atoms with E-state index in [1.165, 1.54) is 9.75 Å². The van der Waals surface area contributed by atoms with Crippen LogP contribution in [0.3, 0.4) is 0 Å². The van der Waals surface area contributed by atoms with Gasteiger partial charge in [0.05, 0.1) is 0 Å². The third-order valence-corrected chi connectivity index (χ3v) is 4.96. The first kappa shape index (κ1) is 13.7. The Labute approximate surface area is 133 Å². The number of anilines is 1. The molecule has 1 fully saturated rings. The molecule has 0 atom stereocenters. The van der Waals surface area contributed by atoms with Crippen LogP contribution in [0.5, 0.6) is 0 Å². The van der Waals surface area contributed by atoms with E-state index in [0.29, 0.717) is 11.7 Å². The number of pyridine rings is 1. The molecule has 1 saturated heterocycles. The molecule has 0 bridgehead atoms. The Bertz CT molecular complexity index is 740. The van der Waals surface area contributed by atoms with Crippen molar-refractivity contribution in [1.82, 2.24) is 14.9 Å². The molecular formula is C16H18N4OS. The Morgan fingerprint density at radius 3 is 2.77 bits per heavy atom. The van der Waals surface area contributed by atoms with Crippen LogP contribution in [0.25, 0.3) is 11.2 Å². The molecule has 0 N–H and O–H groups in total. The lowest BCUT2D eigenvalue weighted by molar-refractivity contribution is 0.247. The molecule has 5 nitrogen and oxygen atoms in total. The van der Waals surface area contributed by atoms with Gasteiger partial charge in [0.15, 0.2) is 5.58 Å². The standard InChI is InChI=1S/C16H18N4OS/c1-12-4-5-13(22-12)11-19-7-9-20(10-8-19)16-18-15-14(21-16)3-2-6-17-15/h2-6H,7-11H2,1H3. The minimum absolute atomic E-state index is 0.689. The number of piperazine rings is 1. The Morgan fingerprint density at radius 2 is 2.05 bits per heavy atom. The summed E-state index contributed by atoms with van der Waals surface area (Å²) >= 11 is 1.89. The molecule has 0 amide bonds. The highest BCUT2D eigenvalue weighted by Gasteiger charge is 2.21. The maximum absolute atomic E-state index is 5.80. The fourth-order valence-electron chi connectivity index (χ4n) is 2.78. The smallest absolute Gasteiger partial charge is 0.300 e. The molecule has 0 radical (unpaired) electrons. The zero-order chi connectivity index (χ0) is 14.9. The van der Waals surface area contributed by atoms with E-state index in [9.17, 15) is 0 Å². The maximum Gasteiger partial charge on any atom is 0.300 e. The number of hydrogen-bond donors (Lipinski definition) is 0. The monoisotopic (exact) mass is 314 g/mol. The van der Waals surface area contributed by atoms with E-state index >= 15 is 0 Å². The van der Waals surface area contributed by atoms with Crippen LogP contribution in [-0.4, -0.2) is 41.0 Å². The fourth-order valence-corrected chi connectivity index (χ4v) is 3.71. The summed E-state index contributed by atoms with van der Waals surface area (Å²) in [5.41, 5.74) is 1.45. The Hall–Kier alpha value is -1.92. The lowest BCUT2D eigenvalue weighted by Gasteiger charge is -2.33. The third kappa shape index (κ3) is 2.71. The molecule has 0 saturated carbocycles. The normalized spacial score (nSPS) is 16.5. The first-order chi connectivity index (χ1) is 10.8. The lowest BCUT2D eigenvalue weighted by Crippen LogP contribution is -2.46. The maximum atomic E-state index is 5.80. The average Bonchev–Trinajstić information content (AvgIpc) is 3.14. The van der Waals surface area contributed by atoms with E-state index in [-0.39, 0.29) is 0 Å². The SMILES string of the molecule is Cc1ccc(CN2CCN(c3nc4ncccc4o3)CC2)s1. The van der Waals surface area contributed by atoms with Gasteiger partial charge in [0.2, 0.25) is 5.65 Å². The first-order valence-corrected chi connectivity index (χ1v) is 8.34. The molecule has 0 spiro atoms. The molecule has 22 heavy (non-hydrogen) atoms. The number of oxazole rings is 1. The summed E-state index contributed by atoms with van der Waals surface area (Å²) in [6.45, 7) is 7.15. The molecule has 3 aromatic rings. The Balaban J connectivity index is 1.40. The van der Waals surface area contributed by atoms with Gasteiger partial charge in [-0.15, -0.1) is 11.3 Å². The quantitative estimate of drug-likeness (QED) is 0.744. The number of aromatic nitrogens is 2. The molecule has 114 valence electrons. The molecule has 4 heterocycles. The minimum Gasteiger partial charge on any atom is -0.422 e. The van der Waals surface area contributed by atoms with Crippen molar-refractivity contribution in [3.8, 4) is 0 Å². The van der Waals surface area contributed by atoms with Crippen molar-refractivity contribution in [3.63, 3.8) is 0 Å². The molecule has 3 aromatic heterocycles. The Morgan fingerprint density at radius 1 is 1.18 bits per heavy atom. The van der Waals surface area contributed by atoms with Crippen LogP contribution >= 0.6 is 11.3 Å². The van der Waals surface area contributed by atoms with Crippen LogP contribution in [0.2, 0.25) is 0 Å². The predicted octanol–water partition coefficient (Wildman–Crippen LogP) is 2.91. The number of nitrogens with zero attached hydrogens (tertiary/aromatic N) is 4. The van der Waals surface area contributed by atoms with Gasteiger partial charge < -0.3 is 9.32 Å². The van der Waals surface area contributed by atoms with Crippen LogP contribution < -0.4 is 4.90 Å². The van der Waals surface area contributed by atoms with Crippen molar-refractivity contribution in [2.45, 2.75) is 13.5 Å². The largest absolute Gasteiger partial charge is 0.422 e. The van der Waals surface area contributed by atoms with Gasteiger partial charge in [0.25, 0.3) is 6.01 Å². The van der Waals surface area contributed by atoms with Gasteiger partial charge in [-0.3, -0.25) is 4.90 Å². The van der Waals surface area contributed by atoms with Crippen molar-refractivity contribution in [2.75, 3.05) is 31.1 Å². The predicted molar refractivity (Wildman–Crippen MR) is 88.4 cm³/mol. The number of hydrogen-bond acceptors (Lipinski definition) is 6. The second-order valence-electron chi connectivity index (χ2n) is 5.60. The van der Waals surface area contributed by atoms with Crippen molar-refractivity contribution in [2.24, 2.45) is 0 Å². The minimum atomic E-state index is 0.689. The number of fused-ring (bicyclic) bond motifs is 1. The molecular weight excluding hydrogens is 296 g/mol. The molecule has 0 unspecified atom stereocenters. The zero-order valence-corrected chi connectivity index (χ0v) is 13.3. The van der Waals surface area contributed by atoms with E-state index in [1.54, 1.807) is 6.20 Å². The second-order valence-corrected chi connectivity index (χ2v) is 6.97. The highest BCUT2D eigenvalue weighted by atomic mass is 32.1. The second kappa shape index (κ2) is 5.70. The number of rotatable bonds is 3. The van der Waals surface area contributed by atoms with E-state index in [1.807, 2.05) is 23.5 Å². The van der Waals surface area contributed by atoms with Gasteiger partial charge in [-0.1, -0.05) is 0 Å². The van der Waals surface area contributed by atoms with Crippen molar-refractivity contribution >= 4 is 28.6 Å². The third-order valence-electron chi connectivity index (χ3n) is 3.97. The average molecular weight is 314 g/mol. The number of aryl methyl sites for hydroxylation is 1. The van der Waals surface area contributed by atoms with Gasteiger partial charge >= 0.3 is 0 Å². The first-order valence-electron chi connectivity index (χ1n) is 7.52. The van der Waals surface area contributed by atoms with Gasteiger partial charge in [0, 0.05) is 48.7 Å². The van der Waals surface area contributed by atoms with E-state index in [0.717, 1.165) is 38.3 Å². The summed E-state index contributed by atoms with van der Waals surface area (Å²) in [4.78, 5) is 16.2. The van der Waals surface area contributed by atoms with Crippen LogP contribution in [0.4, 0.5) is 6.01 Å². The molecule has 0 aromatic carbocycles. The highest BCUT2D eigenvalue weighted by molar-refractivity contribution is 7.11. The topological polar surface area (TPSA) is 45.4 Å². The molecule has 1 aliphatic heterocycles. The summed E-state index contributed by atoms with van der Waals surface area (Å²) in [5.74, 6) is 0. The summed E-state index contributed by atoms with van der Waals surface area (Å²) in [6, 6.07) is 8.91. The summed E-state index contributed by atoms with van der Waals surface area (Å²) < 4.78 is 5.80. The Kier molecular flexibility index (Phi) is 3.56. The van der Waals surface area contributed by atoms with E-state index < -0.39 is 0 Å². The fraction of sp³-hybridized carbons (Fsp3) is 0.375. The lowest BCUT2D eigenvalue weighted by atomic mass is 10.3. The van der Waals surface area contributed by atoms with Gasteiger partial charge in [-0.25, -0.2) is 4.98 Å².